The van der Waals surface area contributed by atoms with Gasteiger partial charge in [0.15, 0.2) is 0 Å². The van der Waals surface area contributed by atoms with Crippen molar-refractivity contribution in [2.75, 3.05) is 6.54 Å². The van der Waals surface area contributed by atoms with E-state index in [2.05, 4.69) is 5.32 Å². The van der Waals surface area contributed by atoms with Crippen LogP contribution in [0.5, 0.6) is 0 Å². The molecule has 0 aliphatic carbocycles. The Kier molecular flexibility index (Phi) is 6.34. The van der Waals surface area contributed by atoms with Crippen LogP contribution in [0.2, 0.25) is 5.02 Å². The lowest BCUT2D eigenvalue weighted by Gasteiger charge is -2.34. The summed E-state index contributed by atoms with van der Waals surface area (Å²) in [6.45, 7) is 0.918. The quantitative estimate of drug-likeness (QED) is 0.787. The van der Waals surface area contributed by atoms with Crippen LogP contribution < -0.4 is 5.32 Å². The fourth-order valence-corrected chi connectivity index (χ4v) is 5.58. The van der Waals surface area contributed by atoms with Gasteiger partial charge in [0, 0.05) is 28.9 Å². The summed E-state index contributed by atoms with van der Waals surface area (Å²) in [7, 11) is -3.63. The molecule has 1 aromatic carbocycles. The third-order valence-electron chi connectivity index (χ3n) is 4.45. The number of sulfonamides is 1. The smallest absolute Gasteiger partial charge is 0.243 e. The van der Waals surface area contributed by atoms with E-state index in [1.54, 1.807) is 23.5 Å². The highest BCUT2D eigenvalue weighted by atomic mass is 35.5. The summed E-state index contributed by atoms with van der Waals surface area (Å²) in [4.78, 5) is 13.6. The summed E-state index contributed by atoms with van der Waals surface area (Å²) >= 11 is 7.44. The van der Waals surface area contributed by atoms with Gasteiger partial charge < -0.3 is 5.32 Å². The molecule has 140 valence electrons. The van der Waals surface area contributed by atoms with Gasteiger partial charge in [-0.15, -0.1) is 11.3 Å². The van der Waals surface area contributed by atoms with Crippen molar-refractivity contribution in [3.05, 3.63) is 51.7 Å². The molecular weight excluding hydrogens is 392 g/mol. The molecule has 1 aliphatic heterocycles. The van der Waals surface area contributed by atoms with E-state index in [0.717, 1.165) is 17.7 Å². The van der Waals surface area contributed by atoms with Crippen LogP contribution in [0.4, 0.5) is 0 Å². The minimum Gasteiger partial charge on any atom is -0.351 e. The minimum absolute atomic E-state index is 0.124. The molecule has 2 aromatic rings. The maximum Gasteiger partial charge on any atom is 0.243 e. The second-order valence-electron chi connectivity index (χ2n) is 6.28. The van der Waals surface area contributed by atoms with Gasteiger partial charge >= 0.3 is 0 Å². The maximum atomic E-state index is 13.0. The van der Waals surface area contributed by atoms with Crippen molar-refractivity contribution in [2.24, 2.45) is 0 Å². The Balaban J connectivity index is 1.68. The largest absolute Gasteiger partial charge is 0.351 e. The van der Waals surface area contributed by atoms with Gasteiger partial charge in [-0.1, -0.05) is 24.1 Å². The van der Waals surface area contributed by atoms with Gasteiger partial charge in [0.1, 0.15) is 0 Å². The normalized spacial score (nSPS) is 18.6. The van der Waals surface area contributed by atoms with Crippen LogP contribution >= 0.6 is 22.9 Å². The Labute approximate surface area is 163 Å². The minimum atomic E-state index is -3.63. The van der Waals surface area contributed by atoms with Gasteiger partial charge in [0.25, 0.3) is 0 Å². The predicted molar refractivity (Wildman–Crippen MR) is 104 cm³/mol. The van der Waals surface area contributed by atoms with E-state index in [9.17, 15) is 13.2 Å². The van der Waals surface area contributed by atoms with Crippen LogP contribution in [-0.2, 0) is 21.4 Å². The van der Waals surface area contributed by atoms with E-state index in [1.807, 2.05) is 17.5 Å². The summed E-state index contributed by atoms with van der Waals surface area (Å²) in [6.07, 6.45) is 2.60. The average molecular weight is 413 g/mol. The number of hydrogen-bond acceptors (Lipinski definition) is 4. The van der Waals surface area contributed by atoms with Crippen molar-refractivity contribution >= 4 is 38.9 Å². The summed E-state index contributed by atoms with van der Waals surface area (Å²) in [5.74, 6) is -0.124. The molecule has 8 heteroatoms. The Hall–Kier alpha value is -1.41. The zero-order valence-electron chi connectivity index (χ0n) is 14.2. The molecule has 3 rings (SSSR count). The maximum absolute atomic E-state index is 13.0. The first-order valence-electron chi connectivity index (χ1n) is 8.53. The van der Waals surface area contributed by atoms with Crippen LogP contribution in [-0.4, -0.2) is 31.2 Å². The predicted octanol–water partition coefficient (Wildman–Crippen LogP) is 3.65. The van der Waals surface area contributed by atoms with Gasteiger partial charge in [-0.2, -0.15) is 4.31 Å². The number of nitrogens with zero attached hydrogens (tertiary/aromatic N) is 1. The molecule has 1 fully saturated rings. The number of carbonyl (C=O) groups excluding carboxylic acids is 1. The van der Waals surface area contributed by atoms with E-state index in [-0.39, 0.29) is 23.3 Å². The lowest BCUT2D eigenvalue weighted by molar-refractivity contribution is -0.122. The number of amides is 1. The second kappa shape index (κ2) is 8.52. The highest BCUT2D eigenvalue weighted by Crippen LogP contribution is 2.27. The van der Waals surface area contributed by atoms with E-state index in [4.69, 9.17) is 11.6 Å². The SMILES string of the molecule is O=C(C[C@H]1CCCCN1S(=O)(=O)c1ccc(Cl)cc1)NCc1cccs1. The van der Waals surface area contributed by atoms with Crippen LogP contribution in [0.25, 0.3) is 0 Å². The van der Waals surface area contributed by atoms with E-state index in [0.29, 0.717) is 24.5 Å². The van der Waals surface area contributed by atoms with Crippen molar-refractivity contribution in [3.63, 3.8) is 0 Å². The number of hydrogen-bond donors (Lipinski definition) is 1. The van der Waals surface area contributed by atoms with Crippen molar-refractivity contribution in [1.82, 2.24) is 9.62 Å². The molecular formula is C18H21ClN2O3S2. The fraction of sp³-hybridized carbons (Fsp3) is 0.389. The molecule has 1 aromatic heterocycles. The van der Waals surface area contributed by atoms with E-state index in [1.165, 1.54) is 16.4 Å². The Bertz CT molecular complexity index is 836. The van der Waals surface area contributed by atoms with Crippen molar-refractivity contribution in [3.8, 4) is 0 Å². The number of thiophene rings is 1. The third kappa shape index (κ3) is 4.65. The number of nitrogens with one attached hydrogen (secondary N) is 1. The Morgan fingerprint density at radius 1 is 1.23 bits per heavy atom. The second-order valence-corrected chi connectivity index (χ2v) is 9.64. The zero-order valence-corrected chi connectivity index (χ0v) is 16.6. The molecule has 5 nitrogen and oxygen atoms in total. The topological polar surface area (TPSA) is 66.5 Å². The van der Waals surface area contributed by atoms with Gasteiger partial charge in [-0.25, -0.2) is 8.42 Å². The molecule has 26 heavy (non-hydrogen) atoms. The molecule has 1 saturated heterocycles. The van der Waals surface area contributed by atoms with Crippen molar-refractivity contribution in [1.29, 1.82) is 0 Å². The first kappa shape index (κ1) is 19.4. The lowest BCUT2D eigenvalue weighted by atomic mass is 10.0. The first-order valence-corrected chi connectivity index (χ1v) is 11.2. The number of carbonyl (C=O) groups is 1. The monoisotopic (exact) mass is 412 g/mol. The molecule has 0 spiro atoms. The number of piperidine rings is 1. The fourth-order valence-electron chi connectivity index (χ4n) is 3.12. The molecule has 1 atom stereocenters. The molecule has 0 radical (unpaired) electrons. The van der Waals surface area contributed by atoms with Crippen LogP contribution in [0.1, 0.15) is 30.6 Å². The van der Waals surface area contributed by atoms with Crippen LogP contribution in [0.3, 0.4) is 0 Å². The van der Waals surface area contributed by atoms with Crippen LogP contribution in [0, 0.1) is 0 Å². The molecule has 2 heterocycles. The van der Waals surface area contributed by atoms with E-state index < -0.39 is 10.0 Å². The van der Waals surface area contributed by atoms with Crippen molar-refractivity contribution in [2.45, 2.75) is 43.2 Å². The standard InChI is InChI=1S/C18H21ClN2O3S2/c19-14-6-8-17(9-7-14)26(23,24)21-10-2-1-4-15(21)12-18(22)20-13-16-5-3-11-25-16/h3,5-9,11,15H,1-2,4,10,12-13H2,(H,20,22)/t15-/m1/s1. The molecule has 0 bridgehead atoms. The zero-order chi connectivity index (χ0) is 18.6. The summed E-state index contributed by atoms with van der Waals surface area (Å²) in [6, 6.07) is 9.76. The van der Waals surface area contributed by atoms with Crippen LogP contribution in [0.15, 0.2) is 46.7 Å². The molecule has 1 amide bonds. The Morgan fingerprint density at radius 3 is 2.69 bits per heavy atom. The number of rotatable bonds is 6. The van der Waals surface area contributed by atoms with Crippen molar-refractivity contribution < 1.29 is 13.2 Å². The Morgan fingerprint density at radius 2 is 2.00 bits per heavy atom. The molecule has 0 saturated carbocycles. The number of halogens is 1. The highest BCUT2D eigenvalue weighted by Gasteiger charge is 2.34. The highest BCUT2D eigenvalue weighted by molar-refractivity contribution is 7.89. The average Bonchev–Trinajstić information content (AvgIpc) is 3.14. The molecule has 1 aliphatic rings. The summed E-state index contributed by atoms with van der Waals surface area (Å²) in [5.41, 5.74) is 0. The number of benzene rings is 1. The first-order chi connectivity index (χ1) is 12.5. The van der Waals surface area contributed by atoms with E-state index >= 15 is 0 Å². The lowest BCUT2D eigenvalue weighted by Crippen LogP contribution is -2.45. The van der Waals surface area contributed by atoms with Gasteiger partial charge in [0.05, 0.1) is 11.4 Å². The van der Waals surface area contributed by atoms with Gasteiger partial charge in [-0.3, -0.25) is 4.79 Å². The summed E-state index contributed by atoms with van der Waals surface area (Å²) < 4.78 is 27.5. The molecule has 0 unspecified atom stereocenters. The molecule has 1 N–H and O–H groups in total. The van der Waals surface area contributed by atoms with Gasteiger partial charge in [0.2, 0.25) is 15.9 Å². The van der Waals surface area contributed by atoms with Gasteiger partial charge in [-0.05, 0) is 48.6 Å². The summed E-state index contributed by atoms with van der Waals surface area (Å²) in [5, 5.41) is 5.34. The third-order valence-corrected chi connectivity index (χ3v) is 7.55.